The van der Waals surface area contributed by atoms with Crippen LogP contribution in [0.5, 0.6) is 0 Å². The fraction of sp³-hybridized carbons (Fsp3) is 0.318. The number of hydrogen-bond acceptors (Lipinski definition) is 0. The number of aromatic nitrogens is 2. The fourth-order valence-electron chi connectivity index (χ4n) is 3.85. The lowest BCUT2D eigenvalue weighted by Crippen LogP contribution is -2.41. The highest BCUT2D eigenvalue weighted by molar-refractivity contribution is 5.49. The van der Waals surface area contributed by atoms with Gasteiger partial charge in [0.15, 0.2) is 0 Å². The van der Waals surface area contributed by atoms with Crippen LogP contribution in [0, 0.1) is 0 Å². The molecule has 2 heterocycles. The molecule has 0 radical (unpaired) electrons. The molecule has 1 aliphatic rings. The molecule has 0 N–H and O–H groups in total. The zero-order valence-electron chi connectivity index (χ0n) is 15.0. The Labute approximate surface area is 144 Å². The minimum absolute atomic E-state index is 0.494. The van der Waals surface area contributed by atoms with Gasteiger partial charge in [-0.15, -0.1) is 4.68 Å². The van der Waals surface area contributed by atoms with Crippen LogP contribution in [0.2, 0.25) is 0 Å². The van der Waals surface area contributed by atoms with E-state index in [1.165, 1.54) is 33.8 Å². The van der Waals surface area contributed by atoms with E-state index in [0.29, 0.717) is 11.8 Å². The molecule has 3 aromatic rings. The van der Waals surface area contributed by atoms with Crippen LogP contribution in [0.15, 0.2) is 54.7 Å². The molecule has 2 nitrogen and oxygen atoms in total. The van der Waals surface area contributed by atoms with Gasteiger partial charge in [0.05, 0.1) is 5.69 Å². The van der Waals surface area contributed by atoms with Gasteiger partial charge in [-0.25, -0.2) is 0 Å². The quantitative estimate of drug-likeness (QED) is 0.475. The summed E-state index contributed by atoms with van der Waals surface area (Å²) in [5.41, 5.74) is 8.27. The lowest BCUT2D eigenvalue weighted by Gasteiger charge is -2.15. The molecular weight excluding hydrogens is 292 g/mol. The van der Waals surface area contributed by atoms with Gasteiger partial charge < -0.3 is 0 Å². The average molecular weight is 317 g/mol. The number of benzene rings is 2. The highest BCUT2D eigenvalue weighted by Crippen LogP contribution is 2.31. The van der Waals surface area contributed by atoms with Crippen molar-refractivity contribution in [2.75, 3.05) is 0 Å². The summed E-state index contributed by atoms with van der Waals surface area (Å²) in [6.45, 7) is 9.13. The minimum atomic E-state index is 0.494. The molecule has 2 aromatic carbocycles. The molecule has 1 aromatic heterocycles. The molecule has 0 spiro atoms. The van der Waals surface area contributed by atoms with Crippen LogP contribution in [-0.2, 0) is 6.42 Å². The van der Waals surface area contributed by atoms with E-state index < -0.39 is 0 Å². The summed E-state index contributed by atoms with van der Waals surface area (Å²) < 4.78 is 4.76. The molecule has 0 saturated carbocycles. The Morgan fingerprint density at radius 1 is 0.833 bits per heavy atom. The number of nitrogens with zero attached hydrogens (tertiary/aromatic N) is 2. The molecule has 0 saturated heterocycles. The Hall–Kier alpha value is -2.35. The molecule has 2 heteroatoms. The van der Waals surface area contributed by atoms with E-state index in [2.05, 4.69) is 91.8 Å². The van der Waals surface area contributed by atoms with Gasteiger partial charge in [-0.05, 0) is 23.5 Å². The van der Waals surface area contributed by atoms with Crippen LogP contribution in [0.4, 0.5) is 0 Å². The number of para-hydroxylation sites is 2. The Morgan fingerprint density at radius 3 is 2.17 bits per heavy atom. The molecule has 0 bridgehead atoms. The number of rotatable bonds is 3. The Morgan fingerprint density at radius 2 is 1.50 bits per heavy atom. The second-order valence-electron chi connectivity index (χ2n) is 7.36. The molecule has 0 amide bonds. The molecule has 1 aliphatic heterocycles. The van der Waals surface area contributed by atoms with Gasteiger partial charge in [-0.1, -0.05) is 68.8 Å². The van der Waals surface area contributed by atoms with Crippen LogP contribution in [-0.4, -0.2) is 4.68 Å². The second-order valence-corrected chi connectivity index (χ2v) is 7.36. The maximum Gasteiger partial charge on any atom is 0.243 e. The molecule has 0 atom stereocenters. The van der Waals surface area contributed by atoms with E-state index in [1.54, 1.807) is 0 Å². The SMILES string of the molecule is CC(C)c1cccc(C(C)C)c1-[n+]1ccc2n1-c1ccccc1C2. The molecule has 4 rings (SSSR count). The van der Waals surface area contributed by atoms with Crippen LogP contribution < -0.4 is 4.68 Å². The lowest BCUT2D eigenvalue weighted by molar-refractivity contribution is -0.675. The predicted molar refractivity (Wildman–Crippen MR) is 98.3 cm³/mol. The Balaban J connectivity index is 2.01. The molecule has 24 heavy (non-hydrogen) atoms. The Bertz CT molecular complexity index is 874. The molecule has 0 fully saturated rings. The third-order valence-electron chi connectivity index (χ3n) is 5.06. The summed E-state index contributed by atoms with van der Waals surface area (Å²) in [7, 11) is 0. The smallest absolute Gasteiger partial charge is 0.119 e. The molecular formula is C22H25N2+. The van der Waals surface area contributed by atoms with Gasteiger partial charge in [-0.2, -0.15) is 0 Å². The highest BCUT2D eigenvalue weighted by Gasteiger charge is 2.31. The second kappa shape index (κ2) is 5.62. The van der Waals surface area contributed by atoms with Crippen molar-refractivity contribution in [3.05, 3.63) is 77.1 Å². The first-order chi connectivity index (χ1) is 11.6. The topological polar surface area (TPSA) is 8.81 Å². The molecule has 122 valence electrons. The summed E-state index contributed by atoms with van der Waals surface area (Å²) in [4.78, 5) is 0. The Kier molecular flexibility index (Phi) is 3.56. The van der Waals surface area contributed by atoms with Crippen molar-refractivity contribution < 1.29 is 4.68 Å². The van der Waals surface area contributed by atoms with Gasteiger partial charge in [0.2, 0.25) is 11.9 Å². The van der Waals surface area contributed by atoms with E-state index >= 15 is 0 Å². The summed E-state index contributed by atoms with van der Waals surface area (Å²) >= 11 is 0. The minimum Gasteiger partial charge on any atom is -0.119 e. The van der Waals surface area contributed by atoms with E-state index in [4.69, 9.17) is 0 Å². The summed E-state index contributed by atoms with van der Waals surface area (Å²) in [6.07, 6.45) is 3.25. The largest absolute Gasteiger partial charge is 0.243 e. The van der Waals surface area contributed by atoms with Crippen molar-refractivity contribution in [1.82, 2.24) is 4.68 Å². The van der Waals surface area contributed by atoms with E-state index in [-0.39, 0.29) is 0 Å². The maximum absolute atomic E-state index is 2.39. The van der Waals surface area contributed by atoms with Gasteiger partial charge in [0, 0.05) is 23.6 Å². The maximum atomic E-state index is 2.39. The van der Waals surface area contributed by atoms with Gasteiger partial charge in [0.1, 0.15) is 5.69 Å². The number of hydrogen-bond donors (Lipinski definition) is 0. The van der Waals surface area contributed by atoms with Crippen LogP contribution in [0.25, 0.3) is 11.4 Å². The highest BCUT2D eigenvalue weighted by atomic mass is 15.4. The third kappa shape index (κ3) is 2.21. The lowest BCUT2D eigenvalue weighted by atomic mass is 9.93. The van der Waals surface area contributed by atoms with Crippen molar-refractivity contribution in [2.24, 2.45) is 0 Å². The first kappa shape index (κ1) is 15.2. The van der Waals surface area contributed by atoms with Crippen molar-refractivity contribution in [2.45, 2.75) is 46.0 Å². The zero-order valence-corrected chi connectivity index (χ0v) is 15.0. The normalized spacial score (nSPS) is 12.8. The summed E-state index contributed by atoms with van der Waals surface area (Å²) in [5.74, 6) is 0.989. The van der Waals surface area contributed by atoms with Gasteiger partial charge >= 0.3 is 0 Å². The first-order valence-electron chi connectivity index (χ1n) is 8.92. The van der Waals surface area contributed by atoms with Crippen molar-refractivity contribution in [3.63, 3.8) is 0 Å². The standard InChI is InChI=1S/C22H25N2/c1-15(2)19-9-7-10-20(16(3)4)22(19)23-13-12-18-14-17-8-5-6-11-21(17)24(18)23/h5-13,15-16H,14H2,1-4H3/q+1. The van der Waals surface area contributed by atoms with E-state index in [1.807, 2.05) is 0 Å². The zero-order chi connectivity index (χ0) is 16.8. The average Bonchev–Trinajstić information content (AvgIpc) is 3.12. The van der Waals surface area contributed by atoms with Gasteiger partial charge in [0.25, 0.3) is 0 Å². The molecule has 0 unspecified atom stereocenters. The first-order valence-corrected chi connectivity index (χ1v) is 8.92. The van der Waals surface area contributed by atoms with Gasteiger partial charge in [-0.3, -0.25) is 0 Å². The number of fused-ring (bicyclic) bond motifs is 3. The van der Waals surface area contributed by atoms with Crippen molar-refractivity contribution in [3.8, 4) is 11.4 Å². The van der Waals surface area contributed by atoms with Crippen molar-refractivity contribution in [1.29, 1.82) is 0 Å². The van der Waals surface area contributed by atoms with Crippen LogP contribution in [0.1, 0.15) is 61.9 Å². The predicted octanol–water partition coefficient (Wildman–Crippen LogP) is 4.91. The van der Waals surface area contributed by atoms with Crippen molar-refractivity contribution >= 4 is 0 Å². The van der Waals surface area contributed by atoms with Crippen LogP contribution in [0.3, 0.4) is 0 Å². The summed E-state index contributed by atoms with van der Waals surface area (Å²) in [6, 6.07) is 17.8. The fourth-order valence-corrected chi connectivity index (χ4v) is 3.85. The summed E-state index contributed by atoms with van der Waals surface area (Å²) in [5, 5.41) is 0. The van der Waals surface area contributed by atoms with E-state index in [0.717, 1.165) is 6.42 Å². The molecule has 0 aliphatic carbocycles. The third-order valence-corrected chi connectivity index (χ3v) is 5.06. The van der Waals surface area contributed by atoms with E-state index in [9.17, 15) is 0 Å². The monoisotopic (exact) mass is 317 g/mol. The van der Waals surface area contributed by atoms with Crippen LogP contribution >= 0.6 is 0 Å².